The van der Waals surface area contributed by atoms with Crippen LogP contribution in [0.4, 0.5) is 0 Å². The molecule has 0 unspecified atom stereocenters. The Hall–Kier alpha value is -2.74. The van der Waals surface area contributed by atoms with Crippen molar-refractivity contribution in [1.82, 2.24) is 0 Å². The summed E-state index contributed by atoms with van der Waals surface area (Å²) in [6.07, 6.45) is 4.30. The van der Waals surface area contributed by atoms with Gasteiger partial charge in [-0.2, -0.15) is 0 Å². The quantitative estimate of drug-likeness (QED) is 0.227. The average Bonchev–Trinajstić information content (AvgIpc) is 2.82. The van der Waals surface area contributed by atoms with Crippen LogP contribution in [0.25, 0.3) is 0 Å². The Balaban J connectivity index is 1.71. The summed E-state index contributed by atoms with van der Waals surface area (Å²) in [4.78, 5) is 0. The molecule has 0 atom stereocenters. The number of rotatable bonds is 12. The Labute approximate surface area is 257 Å². The Morgan fingerprint density at radius 3 is 0.690 bits per heavy atom. The minimum atomic E-state index is 0.0187. The van der Waals surface area contributed by atoms with E-state index in [1.807, 2.05) is 0 Å². The van der Waals surface area contributed by atoms with Gasteiger partial charge < -0.3 is 10.2 Å². The summed E-state index contributed by atoms with van der Waals surface area (Å²) in [6, 6.07) is 24.9. The molecule has 0 amide bonds. The molecule has 42 heavy (non-hydrogen) atoms. The molecule has 3 rings (SSSR count). The van der Waals surface area contributed by atoms with E-state index in [1.165, 1.54) is 22.3 Å². The number of phenolic OH excluding ortho intramolecular Hbond substituents is 2. The molecule has 0 radical (unpaired) electrons. The molecule has 2 heteroatoms. The normalized spacial score (nSPS) is 13.8. The molecular formula is C40H58O2. The highest BCUT2D eigenvalue weighted by Gasteiger charge is 2.37. The molecule has 0 fully saturated rings. The zero-order valence-corrected chi connectivity index (χ0v) is 28.7. The van der Waals surface area contributed by atoms with E-state index in [0.29, 0.717) is 11.5 Å². The molecule has 0 spiro atoms. The minimum absolute atomic E-state index is 0.0187. The van der Waals surface area contributed by atoms with Crippen molar-refractivity contribution in [2.24, 2.45) is 10.8 Å². The third kappa shape index (κ3) is 8.65. The van der Waals surface area contributed by atoms with Gasteiger partial charge >= 0.3 is 0 Å². The molecule has 2 N–H and O–H groups in total. The van der Waals surface area contributed by atoms with E-state index in [-0.39, 0.29) is 32.5 Å². The number of phenols is 2. The molecule has 2 nitrogen and oxygen atoms in total. The molecule has 0 heterocycles. The zero-order chi connectivity index (χ0) is 31.8. The maximum Gasteiger partial charge on any atom is 0.115 e. The van der Waals surface area contributed by atoms with Crippen molar-refractivity contribution in [2.45, 2.75) is 130 Å². The number of hydrogen-bond acceptors (Lipinski definition) is 2. The molecule has 3 aromatic rings. The molecule has 0 aliphatic rings. The van der Waals surface area contributed by atoms with Gasteiger partial charge in [-0.25, -0.2) is 0 Å². The number of aromatic hydroxyl groups is 2. The van der Waals surface area contributed by atoms with Crippen molar-refractivity contribution in [2.75, 3.05) is 0 Å². The molecule has 230 valence electrons. The van der Waals surface area contributed by atoms with E-state index < -0.39 is 0 Å². The van der Waals surface area contributed by atoms with Crippen LogP contribution in [0.3, 0.4) is 0 Å². The maximum absolute atomic E-state index is 9.75. The van der Waals surface area contributed by atoms with Crippen molar-refractivity contribution in [3.63, 3.8) is 0 Å². The molecule has 0 aromatic heterocycles. The highest BCUT2D eigenvalue weighted by molar-refractivity contribution is 5.34. The predicted molar refractivity (Wildman–Crippen MR) is 181 cm³/mol. The van der Waals surface area contributed by atoms with Crippen LogP contribution in [0.1, 0.15) is 131 Å². The van der Waals surface area contributed by atoms with Gasteiger partial charge in [0.2, 0.25) is 0 Å². The van der Waals surface area contributed by atoms with Crippen LogP contribution in [-0.4, -0.2) is 10.2 Å². The minimum Gasteiger partial charge on any atom is -0.508 e. The summed E-state index contributed by atoms with van der Waals surface area (Å²) < 4.78 is 0. The first-order chi connectivity index (χ1) is 19.0. The van der Waals surface area contributed by atoms with Crippen molar-refractivity contribution in [3.8, 4) is 11.5 Å². The van der Waals surface area contributed by atoms with Crippen LogP contribution >= 0.6 is 0 Å². The topological polar surface area (TPSA) is 40.5 Å². The summed E-state index contributed by atoms with van der Waals surface area (Å²) >= 11 is 0. The summed E-state index contributed by atoms with van der Waals surface area (Å²) in [5, 5.41) is 19.5. The van der Waals surface area contributed by atoms with E-state index in [0.717, 1.165) is 25.7 Å². The third-order valence-corrected chi connectivity index (χ3v) is 9.43. The van der Waals surface area contributed by atoms with Crippen LogP contribution in [0.2, 0.25) is 0 Å². The van der Waals surface area contributed by atoms with E-state index in [2.05, 4.69) is 132 Å². The first-order valence-electron chi connectivity index (χ1n) is 15.7. The van der Waals surface area contributed by atoms with Gasteiger partial charge in [-0.1, -0.05) is 132 Å². The van der Waals surface area contributed by atoms with Crippen molar-refractivity contribution in [3.05, 3.63) is 95.1 Å². The fourth-order valence-electron chi connectivity index (χ4n) is 8.52. The first kappa shape index (κ1) is 33.8. The Bertz CT molecular complexity index is 1200. The van der Waals surface area contributed by atoms with E-state index >= 15 is 0 Å². The molecule has 0 saturated carbocycles. The van der Waals surface area contributed by atoms with Gasteiger partial charge in [-0.3, -0.25) is 0 Å². The number of benzene rings is 3. The summed E-state index contributed by atoms with van der Waals surface area (Å²) in [7, 11) is 0. The Morgan fingerprint density at radius 2 is 0.500 bits per heavy atom. The SMILES string of the molecule is CC(C)(CC(C)(C)c1ccc(O)cc1)CC(C)(C)c1ccc(C(C)(C)CC(C)(C)CC(C)(C)c2ccc(O)cc2)cc1. The lowest BCUT2D eigenvalue weighted by Gasteiger charge is -2.42. The second kappa shape index (κ2) is 11.7. The zero-order valence-electron chi connectivity index (χ0n) is 28.7. The van der Waals surface area contributed by atoms with Crippen molar-refractivity contribution < 1.29 is 10.2 Å². The molecule has 0 bridgehead atoms. The van der Waals surface area contributed by atoms with E-state index in [9.17, 15) is 10.2 Å². The largest absolute Gasteiger partial charge is 0.508 e. The Morgan fingerprint density at radius 1 is 0.333 bits per heavy atom. The molecule has 0 aliphatic carbocycles. The van der Waals surface area contributed by atoms with Gasteiger partial charge in [-0.15, -0.1) is 0 Å². The monoisotopic (exact) mass is 570 g/mol. The van der Waals surface area contributed by atoms with Crippen LogP contribution in [-0.2, 0) is 21.7 Å². The third-order valence-electron chi connectivity index (χ3n) is 9.43. The van der Waals surface area contributed by atoms with Gasteiger partial charge in [0, 0.05) is 0 Å². The Kier molecular flexibility index (Phi) is 9.44. The van der Waals surface area contributed by atoms with Crippen LogP contribution in [0.15, 0.2) is 72.8 Å². The molecule has 0 saturated heterocycles. The lowest BCUT2D eigenvalue weighted by molar-refractivity contribution is 0.192. The lowest BCUT2D eigenvalue weighted by atomic mass is 9.63. The van der Waals surface area contributed by atoms with E-state index in [4.69, 9.17) is 0 Å². The highest BCUT2D eigenvalue weighted by Crippen LogP contribution is 2.47. The maximum atomic E-state index is 9.75. The van der Waals surface area contributed by atoms with Gasteiger partial charge in [-0.05, 0) is 105 Å². The standard InChI is InChI=1S/C40H58O2/c1-35(2,27-39(9,10)31-17-21-33(41)22-18-31)25-37(5,6)29-13-15-30(16-14-29)38(7,8)26-36(3,4)28-40(11,12)32-19-23-34(42)24-20-32/h13-24,41-42H,25-28H2,1-12H3. The summed E-state index contributed by atoms with van der Waals surface area (Å²) in [6.45, 7) is 28.4. The summed E-state index contributed by atoms with van der Waals surface area (Å²) in [5.41, 5.74) is 5.73. The summed E-state index contributed by atoms with van der Waals surface area (Å²) in [5.74, 6) is 0.645. The molecule has 0 aliphatic heterocycles. The van der Waals surface area contributed by atoms with Crippen LogP contribution < -0.4 is 0 Å². The van der Waals surface area contributed by atoms with Gasteiger partial charge in [0.25, 0.3) is 0 Å². The fourth-order valence-corrected chi connectivity index (χ4v) is 8.52. The van der Waals surface area contributed by atoms with Gasteiger partial charge in [0.05, 0.1) is 0 Å². The van der Waals surface area contributed by atoms with E-state index in [1.54, 1.807) is 24.3 Å². The predicted octanol–water partition coefficient (Wildman–Crippen LogP) is 11.2. The second-order valence-electron chi connectivity index (χ2n) is 17.2. The smallest absolute Gasteiger partial charge is 0.115 e. The van der Waals surface area contributed by atoms with Crippen molar-refractivity contribution >= 4 is 0 Å². The van der Waals surface area contributed by atoms with Gasteiger partial charge in [0.1, 0.15) is 11.5 Å². The second-order valence-corrected chi connectivity index (χ2v) is 17.2. The fraction of sp³-hybridized carbons (Fsp3) is 0.550. The first-order valence-corrected chi connectivity index (χ1v) is 15.7. The average molecular weight is 571 g/mol. The number of hydrogen-bond donors (Lipinski definition) is 2. The van der Waals surface area contributed by atoms with Crippen LogP contribution in [0, 0.1) is 10.8 Å². The highest BCUT2D eigenvalue weighted by atomic mass is 16.3. The lowest BCUT2D eigenvalue weighted by Crippen LogP contribution is -2.33. The van der Waals surface area contributed by atoms with Crippen molar-refractivity contribution in [1.29, 1.82) is 0 Å². The van der Waals surface area contributed by atoms with Gasteiger partial charge in [0.15, 0.2) is 0 Å². The van der Waals surface area contributed by atoms with Crippen LogP contribution in [0.5, 0.6) is 11.5 Å². The molecular weight excluding hydrogens is 512 g/mol. The molecule has 3 aromatic carbocycles.